The highest BCUT2D eigenvalue weighted by Gasteiger charge is 2.30. The van der Waals surface area contributed by atoms with E-state index in [4.69, 9.17) is 28.6 Å². The summed E-state index contributed by atoms with van der Waals surface area (Å²) >= 11 is 12.2. The second-order valence-corrected chi connectivity index (χ2v) is 8.22. The van der Waals surface area contributed by atoms with Crippen molar-refractivity contribution < 1.29 is 19.1 Å². The molecule has 3 amide bonds. The molecule has 4 N–H and O–H groups in total. The molecule has 3 aromatic rings. The fraction of sp³-hybridized carbons (Fsp3) is 0.120. The van der Waals surface area contributed by atoms with E-state index in [9.17, 15) is 14.4 Å². The van der Waals surface area contributed by atoms with Crippen LogP contribution < -0.4 is 16.0 Å². The minimum absolute atomic E-state index is 0.143. The number of carbonyl (C=O) groups is 3. The number of amidine groups is 1. The van der Waals surface area contributed by atoms with Crippen molar-refractivity contribution in [3.8, 4) is 0 Å². The quantitative estimate of drug-likeness (QED) is 0.277. The van der Waals surface area contributed by atoms with E-state index >= 15 is 0 Å². The molecule has 10 heteroatoms. The zero-order chi connectivity index (χ0) is 25.4. The summed E-state index contributed by atoms with van der Waals surface area (Å²) in [7, 11) is 1.17. The van der Waals surface area contributed by atoms with E-state index in [1.165, 1.54) is 19.2 Å². The van der Waals surface area contributed by atoms with E-state index in [1.807, 2.05) is 0 Å². The first-order chi connectivity index (χ1) is 16.8. The monoisotopic (exact) mass is 512 g/mol. The number of amides is 3. The lowest BCUT2D eigenvalue weighted by atomic mass is 10.0. The van der Waals surface area contributed by atoms with Gasteiger partial charge in [-0.1, -0.05) is 77.8 Å². The Morgan fingerprint density at radius 2 is 1.31 bits per heavy atom. The van der Waals surface area contributed by atoms with Gasteiger partial charge in [0.25, 0.3) is 5.91 Å². The van der Waals surface area contributed by atoms with E-state index in [0.717, 1.165) is 0 Å². The first kappa shape index (κ1) is 25.7. The maximum absolute atomic E-state index is 13.3. The molecular formula is C25H22Cl2N4O4. The van der Waals surface area contributed by atoms with Crippen LogP contribution in [0.15, 0.2) is 78.9 Å². The lowest BCUT2D eigenvalue weighted by molar-refractivity contribution is -0.129. The van der Waals surface area contributed by atoms with Crippen molar-refractivity contribution in [3.63, 3.8) is 0 Å². The number of hydrogen-bond donors (Lipinski definition) is 4. The molecule has 180 valence electrons. The van der Waals surface area contributed by atoms with Crippen molar-refractivity contribution in [1.82, 2.24) is 16.0 Å². The second kappa shape index (κ2) is 12.0. The lowest BCUT2D eigenvalue weighted by Crippen LogP contribution is -2.47. The van der Waals surface area contributed by atoms with Crippen LogP contribution in [0.3, 0.4) is 0 Å². The van der Waals surface area contributed by atoms with Gasteiger partial charge in [0.15, 0.2) is 0 Å². The molecule has 0 aromatic heterocycles. The van der Waals surface area contributed by atoms with Crippen molar-refractivity contribution >= 4 is 46.9 Å². The normalized spacial score (nSPS) is 12.1. The van der Waals surface area contributed by atoms with Crippen LogP contribution >= 0.6 is 23.2 Å². The zero-order valence-corrected chi connectivity index (χ0v) is 20.1. The van der Waals surface area contributed by atoms with Crippen molar-refractivity contribution in [1.29, 1.82) is 5.41 Å². The predicted molar refractivity (Wildman–Crippen MR) is 133 cm³/mol. The topological polar surface area (TPSA) is 120 Å². The third kappa shape index (κ3) is 7.05. The minimum atomic E-state index is -1.23. The number of ether oxygens (including phenoxy) is 1. The molecule has 0 saturated carbocycles. The molecule has 0 aliphatic heterocycles. The summed E-state index contributed by atoms with van der Waals surface area (Å²) in [5, 5.41) is 16.6. The first-order valence-corrected chi connectivity index (χ1v) is 11.1. The first-order valence-electron chi connectivity index (χ1n) is 10.4. The Bertz CT molecular complexity index is 1240. The van der Waals surface area contributed by atoms with Gasteiger partial charge in [0.1, 0.15) is 17.9 Å². The molecule has 35 heavy (non-hydrogen) atoms. The van der Waals surface area contributed by atoms with Gasteiger partial charge in [-0.15, -0.1) is 0 Å². The van der Waals surface area contributed by atoms with Gasteiger partial charge < -0.3 is 20.7 Å². The summed E-state index contributed by atoms with van der Waals surface area (Å²) in [4.78, 5) is 38.5. The molecule has 0 aliphatic carbocycles. The highest BCUT2D eigenvalue weighted by molar-refractivity contribution is 6.31. The summed E-state index contributed by atoms with van der Waals surface area (Å²) in [6.45, 7) is 0. The Morgan fingerprint density at radius 1 is 0.771 bits per heavy atom. The molecule has 0 fully saturated rings. The molecule has 0 saturated heterocycles. The molecule has 2 unspecified atom stereocenters. The third-order valence-corrected chi connectivity index (χ3v) is 5.40. The van der Waals surface area contributed by atoms with Crippen LogP contribution in [-0.2, 0) is 14.3 Å². The minimum Gasteiger partial charge on any atom is -0.453 e. The fourth-order valence-corrected chi connectivity index (χ4v) is 3.64. The molecule has 3 rings (SSSR count). The zero-order valence-electron chi connectivity index (χ0n) is 18.5. The van der Waals surface area contributed by atoms with Crippen molar-refractivity contribution in [2.45, 2.75) is 12.1 Å². The average Bonchev–Trinajstić information content (AvgIpc) is 2.85. The van der Waals surface area contributed by atoms with Gasteiger partial charge >= 0.3 is 6.09 Å². The Kier molecular flexibility index (Phi) is 8.83. The Balaban J connectivity index is 1.91. The number of benzene rings is 3. The van der Waals surface area contributed by atoms with E-state index < -0.39 is 30.0 Å². The van der Waals surface area contributed by atoms with E-state index in [0.29, 0.717) is 26.7 Å². The molecule has 0 bridgehead atoms. The molecule has 8 nitrogen and oxygen atoms in total. The number of carbonyl (C=O) groups excluding carboxylic acids is 3. The van der Waals surface area contributed by atoms with Gasteiger partial charge in [-0.3, -0.25) is 15.0 Å². The number of hydrogen-bond acceptors (Lipinski definition) is 5. The molecule has 0 radical (unpaired) electrons. The largest absolute Gasteiger partial charge is 0.453 e. The number of methoxy groups -OCH3 is 1. The molecule has 2 atom stereocenters. The Hall–Kier alpha value is -3.88. The maximum atomic E-state index is 13.3. The average molecular weight is 513 g/mol. The fourth-order valence-electron chi connectivity index (χ4n) is 3.25. The molecule has 0 heterocycles. The van der Waals surface area contributed by atoms with E-state index in [-0.39, 0.29) is 5.84 Å². The molecule has 0 spiro atoms. The van der Waals surface area contributed by atoms with Gasteiger partial charge in [0.2, 0.25) is 5.91 Å². The van der Waals surface area contributed by atoms with Gasteiger partial charge in [0, 0.05) is 15.6 Å². The van der Waals surface area contributed by atoms with Crippen molar-refractivity contribution in [2.75, 3.05) is 7.11 Å². The Morgan fingerprint density at radius 3 is 1.83 bits per heavy atom. The number of alkyl carbamates (subject to hydrolysis) is 1. The highest BCUT2D eigenvalue weighted by atomic mass is 35.5. The predicted octanol–water partition coefficient (Wildman–Crippen LogP) is 4.39. The van der Waals surface area contributed by atoms with Crippen LogP contribution in [0.1, 0.15) is 28.8 Å². The Labute approximate surface area is 212 Å². The summed E-state index contributed by atoms with van der Waals surface area (Å²) in [6.07, 6.45) is -0.847. The SMILES string of the molecule is COC(=O)NC(C(=O)NC(C(=O)NC(=N)c1ccccc1)c1cccc(Cl)c1)c1cccc(Cl)c1. The van der Waals surface area contributed by atoms with Crippen LogP contribution in [0.25, 0.3) is 0 Å². The standard InChI is InChI=1S/C25H22Cl2N4O4/c1-35-25(34)30-21(17-10-6-12-19(27)14-17)23(32)29-20(16-9-5-11-18(26)13-16)24(33)31-22(28)15-7-3-2-4-8-15/h2-14,20-21H,1H3,(H,29,32)(H,30,34)(H2,28,31,33). The van der Waals surface area contributed by atoms with Gasteiger partial charge in [-0.25, -0.2) is 4.79 Å². The third-order valence-electron chi connectivity index (χ3n) is 4.93. The number of halogens is 2. The van der Waals surface area contributed by atoms with Gasteiger partial charge in [-0.2, -0.15) is 0 Å². The van der Waals surface area contributed by atoms with E-state index in [2.05, 4.69) is 20.7 Å². The van der Waals surface area contributed by atoms with Gasteiger partial charge in [0.05, 0.1) is 7.11 Å². The van der Waals surface area contributed by atoms with Crippen LogP contribution in [0.5, 0.6) is 0 Å². The van der Waals surface area contributed by atoms with Crippen LogP contribution in [0.4, 0.5) is 4.79 Å². The maximum Gasteiger partial charge on any atom is 0.407 e. The molecular weight excluding hydrogens is 491 g/mol. The summed E-state index contributed by atoms with van der Waals surface area (Å²) in [5.74, 6) is -1.52. The van der Waals surface area contributed by atoms with Crippen LogP contribution in [-0.4, -0.2) is 30.9 Å². The van der Waals surface area contributed by atoms with Gasteiger partial charge in [-0.05, 0) is 35.4 Å². The smallest absolute Gasteiger partial charge is 0.407 e. The lowest BCUT2D eigenvalue weighted by Gasteiger charge is -2.24. The van der Waals surface area contributed by atoms with Crippen LogP contribution in [0, 0.1) is 5.41 Å². The van der Waals surface area contributed by atoms with Crippen molar-refractivity contribution in [3.05, 3.63) is 106 Å². The molecule has 3 aromatic carbocycles. The highest BCUT2D eigenvalue weighted by Crippen LogP contribution is 2.22. The summed E-state index contributed by atoms with van der Waals surface area (Å²) in [6, 6.07) is 18.9. The summed E-state index contributed by atoms with van der Waals surface area (Å²) < 4.78 is 4.65. The van der Waals surface area contributed by atoms with E-state index in [1.54, 1.807) is 66.7 Å². The molecule has 0 aliphatic rings. The van der Waals surface area contributed by atoms with Crippen molar-refractivity contribution in [2.24, 2.45) is 0 Å². The number of rotatable bonds is 7. The summed E-state index contributed by atoms with van der Waals surface area (Å²) in [5.41, 5.74) is 1.25. The number of nitrogens with one attached hydrogen (secondary N) is 4. The second-order valence-electron chi connectivity index (χ2n) is 7.35. The van der Waals surface area contributed by atoms with Crippen LogP contribution in [0.2, 0.25) is 10.0 Å².